The number of aliphatic hydroxyl groups is 1. The number of thioether (sulfide) groups is 1. The van der Waals surface area contributed by atoms with E-state index < -0.39 is 17.3 Å². The van der Waals surface area contributed by atoms with Crippen LogP contribution >= 0.6 is 11.8 Å². The summed E-state index contributed by atoms with van der Waals surface area (Å²) < 4.78 is 15.3. The summed E-state index contributed by atoms with van der Waals surface area (Å²) in [6, 6.07) is 6.29. The minimum absolute atomic E-state index is 0.315. The van der Waals surface area contributed by atoms with E-state index in [1.54, 1.807) is 36.9 Å². The normalized spacial score (nSPS) is 21.0. The zero-order valence-corrected chi connectivity index (χ0v) is 12.9. The number of anilines is 1. The van der Waals surface area contributed by atoms with E-state index in [-0.39, 0.29) is 0 Å². The Kier molecular flexibility index (Phi) is 3.92. The van der Waals surface area contributed by atoms with Gasteiger partial charge in [-0.05, 0) is 31.2 Å². The lowest BCUT2D eigenvalue weighted by Gasteiger charge is -2.19. The maximum atomic E-state index is 13.8. The molecular weight excluding hydrogens is 305 g/mol. The van der Waals surface area contributed by atoms with E-state index in [0.717, 1.165) is 5.75 Å². The molecule has 1 aliphatic rings. The van der Waals surface area contributed by atoms with Crippen LogP contribution in [0.4, 0.5) is 10.1 Å². The van der Waals surface area contributed by atoms with E-state index in [9.17, 15) is 14.3 Å². The number of para-hydroxylation sites is 1. The third kappa shape index (κ3) is 2.62. The molecular formula is C15H16FN3O2S. The number of hydrogen-bond acceptors (Lipinski definition) is 4. The summed E-state index contributed by atoms with van der Waals surface area (Å²) in [6.07, 6.45) is 1.90. The van der Waals surface area contributed by atoms with Crippen LogP contribution in [0.15, 0.2) is 30.5 Å². The van der Waals surface area contributed by atoms with Crippen molar-refractivity contribution in [2.24, 2.45) is 0 Å². The number of halogens is 1. The number of nitrogens with one attached hydrogen (secondary N) is 1. The van der Waals surface area contributed by atoms with Crippen molar-refractivity contribution in [3.05, 3.63) is 42.0 Å². The van der Waals surface area contributed by atoms with Crippen LogP contribution in [0.3, 0.4) is 0 Å². The minimum atomic E-state index is -1.34. The Labute approximate surface area is 131 Å². The molecule has 0 aliphatic carbocycles. The highest BCUT2D eigenvalue weighted by Crippen LogP contribution is 2.29. The Bertz CT molecular complexity index is 711. The molecule has 0 bridgehead atoms. The minimum Gasteiger partial charge on any atom is -0.379 e. The first-order valence-corrected chi connectivity index (χ1v) is 8.08. The van der Waals surface area contributed by atoms with E-state index in [1.165, 1.54) is 16.9 Å². The molecule has 2 N–H and O–H groups in total. The van der Waals surface area contributed by atoms with Crippen molar-refractivity contribution in [1.29, 1.82) is 0 Å². The zero-order chi connectivity index (χ0) is 15.7. The lowest BCUT2D eigenvalue weighted by molar-refractivity contribution is -0.131. The van der Waals surface area contributed by atoms with Gasteiger partial charge < -0.3 is 10.4 Å². The Morgan fingerprint density at radius 2 is 2.27 bits per heavy atom. The van der Waals surface area contributed by atoms with Crippen molar-refractivity contribution in [3.8, 4) is 5.69 Å². The second kappa shape index (κ2) is 5.73. The first-order chi connectivity index (χ1) is 10.5. The van der Waals surface area contributed by atoms with Crippen molar-refractivity contribution in [2.75, 3.05) is 16.8 Å². The molecule has 1 aromatic heterocycles. The fourth-order valence-corrected chi connectivity index (χ4v) is 3.61. The molecule has 1 unspecified atom stereocenters. The number of carbonyl (C=O) groups is 1. The van der Waals surface area contributed by atoms with Gasteiger partial charge in [0.15, 0.2) is 5.60 Å². The average Bonchev–Trinajstić information content (AvgIpc) is 3.09. The number of hydrogen-bond donors (Lipinski definition) is 2. The van der Waals surface area contributed by atoms with E-state index >= 15 is 0 Å². The fourth-order valence-electron chi connectivity index (χ4n) is 2.37. The van der Waals surface area contributed by atoms with Crippen molar-refractivity contribution < 1.29 is 14.3 Å². The van der Waals surface area contributed by atoms with Crippen LogP contribution in [-0.4, -0.2) is 37.9 Å². The van der Waals surface area contributed by atoms with E-state index in [4.69, 9.17) is 0 Å². The monoisotopic (exact) mass is 321 g/mol. The summed E-state index contributed by atoms with van der Waals surface area (Å²) >= 11 is 1.55. The van der Waals surface area contributed by atoms with Crippen molar-refractivity contribution in [1.82, 2.24) is 9.78 Å². The summed E-state index contributed by atoms with van der Waals surface area (Å²) in [6.45, 7) is 1.74. The molecule has 0 radical (unpaired) electrons. The standard InChI is InChI=1S/C15H16FN3O2S/c1-10-12(18-14(20)15(21)6-7-22-9-15)8-17-19(10)13-5-3-2-4-11(13)16/h2-5,8,21H,6-7,9H2,1H3,(H,18,20). The molecule has 0 saturated carbocycles. The molecule has 1 aliphatic heterocycles. The quantitative estimate of drug-likeness (QED) is 0.909. The van der Waals surface area contributed by atoms with Gasteiger partial charge in [0, 0.05) is 5.75 Å². The highest BCUT2D eigenvalue weighted by atomic mass is 32.2. The molecule has 116 valence electrons. The van der Waals surface area contributed by atoms with Gasteiger partial charge in [0.25, 0.3) is 5.91 Å². The number of rotatable bonds is 3. The van der Waals surface area contributed by atoms with E-state index in [2.05, 4.69) is 10.4 Å². The smallest absolute Gasteiger partial charge is 0.257 e. The average molecular weight is 321 g/mol. The lowest BCUT2D eigenvalue weighted by atomic mass is 10.0. The fraction of sp³-hybridized carbons (Fsp3) is 0.333. The summed E-state index contributed by atoms with van der Waals surface area (Å²) in [5, 5.41) is 17.1. The number of nitrogens with zero attached hydrogens (tertiary/aromatic N) is 2. The second-order valence-electron chi connectivity index (χ2n) is 5.30. The molecule has 7 heteroatoms. The molecule has 1 aromatic carbocycles. The molecule has 2 heterocycles. The molecule has 2 aromatic rings. The predicted molar refractivity (Wildman–Crippen MR) is 83.8 cm³/mol. The first-order valence-electron chi connectivity index (χ1n) is 6.92. The highest BCUT2D eigenvalue weighted by Gasteiger charge is 2.39. The first kappa shape index (κ1) is 15.1. The van der Waals surface area contributed by atoms with Crippen LogP contribution in [0.5, 0.6) is 0 Å². The topological polar surface area (TPSA) is 67.2 Å². The Morgan fingerprint density at radius 1 is 1.50 bits per heavy atom. The van der Waals surface area contributed by atoms with Gasteiger partial charge in [-0.1, -0.05) is 12.1 Å². The summed E-state index contributed by atoms with van der Waals surface area (Å²) in [7, 11) is 0. The summed E-state index contributed by atoms with van der Waals surface area (Å²) in [5.74, 6) is 0.322. The number of carbonyl (C=O) groups excluding carboxylic acids is 1. The van der Waals surface area contributed by atoms with Gasteiger partial charge >= 0.3 is 0 Å². The third-order valence-corrected chi connectivity index (χ3v) is 4.94. The van der Waals surface area contributed by atoms with Crippen molar-refractivity contribution >= 4 is 23.4 Å². The van der Waals surface area contributed by atoms with Gasteiger partial charge in [0.2, 0.25) is 0 Å². The molecule has 1 atom stereocenters. The van der Waals surface area contributed by atoms with Crippen LogP contribution in [0, 0.1) is 12.7 Å². The van der Waals surface area contributed by atoms with Crippen molar-refractivity contribution in [2.45, 2.75) is 18.9 Å². The van der Waals surface area contributed by atoms with Gasteiger partial charge in [-0.15, -0.1) is 0 Å². The maximum absolute atomic E-state index is 13.8. The van der Waals surface area contributed by atoms with E-state index in [1.807, 2.05) is 0 Å². The number of aromatic nitrogens is 2. The summed E-state index contributed by atoms with van der Waals surface area (Å²) in [4.78, 5) is 12.2. The molecule has 1 amide bonds. The van der Waals surface area contributed by atoms with Crippen LogP contribution in [0.25, 0.3) is 5.69 Å². The van der Waals surface area contributed by atoms with Gasteiger partial charge in [-0.3, -0.25) is 4.79 Å². The molecule has 0 spiro atoms. The van der Waals surface area contributed by atoms with Crippen LogP contribution in [0.2, 0.25) is 0 Å². The Balaban J connectivity index is 1.85. The van der Waals surface area contributed by atoms with Crippen LogP contribution in [0.1, 0.15) is 12.1 Å². The van der Waals surface area contributed by atoms with Crippen LogP contribution < -0.4 is 5.32 Å². The molecule has 22 heavy (non-hydrogen) atoms. The SMILES string of the molecule is Cc1c(NC(=O)C2(O)CCSC2)cnn1-c1ccccc1F. The largest absolute Gasteiger partial charge is 0.379 e. The predicted octanol–water partition coefficient (Wildman–Crippen LogP) is 2.13. The molecule has 5 nitrogen and oxygen atoms in total. The highest BCUT2D eigenvalue weighted by molar-refractivity contribution is 7.99. The van der Waals surface area contributed by atoms with Gasteiger partial charge in [-0.2, -0.15) is 16.9 Å². The zero-order valence-electron chi connectivity index (χ0n) is 12.0. The second-order valence-corrected chi connectivity index (χ2v) is 6.40. The lowest BCUT2D eigenvalue weighted by Crippen LogP contribution is -2.42. The van der Waals surface area contributed by atoms with E-state index in [0.29, 0.717) is 29.2 Å². The maximum Gasteiger partial charge on any atom is 0.257 e. The number of benzene rings is 1. The Morgan fingerprint density at radius 3 is 2.95 bits per heavy atom. The van der Waals surface area contributed by atoms with Gasteiger partial charge in [0.05, 0.1) is 17.6 Å². The third-order valence-electron chi connectivity index (χ3n) is 3.76. The number of amides is 1. The summed E-state index contributed by atoms with van der Waals surface area (Å²) in [5.41, 5.74) is 0.0546. The van der Waals surface area contributed by atoms with Crippen molar-refractivity contribution in [3.63, 3.8) is 0 Å². The molecule has 1 saturated heterocycles. The molecule has 1 fully saturated rings. The van der Waals surface area contributed by atoms with Gasteiger partial charge in [0.1, 0.15) is 11.5 Å². The van der Waals surface area contributed by atoms with Gasteiger partial charge in [-0.25, -0.2) is 9.07 Å². The Hall–Kier alpha value is -1.86. The van der Waals surface area contributed by atoms with Crippen LogP contribution in [-0.2, 0) is 4.79 Å². The molecule has 3 rings (SSSR count).